The van der Waals surface area contributed by atoms with Gasteiger partial charge in [-0.3, -0.25) is 14.4 Å². The van der Waals surface area contributed by atoms with Crippen molar-refractivity contribution in [2.75, 3.05) is 39.3 Å². The molecule has 1 unspecified atom stereocenters. The Bertz CT molecular complexity index is 517. The molecule has 2 heterocycles. The number of rotatable bonds is 4. The second kappa shape index (κ2) is 8.84. The maximum atomic E-state index is 12.7. The van der Waals surface area contributed by atoms with Crippen molar-refractivity contribution in [1.29, 1.82) is 0 Å². The van der Waals surface area contributed by atoms with E-state index in [0.29, 0.717) is 32.7 Å². The molecular formula is C19H31N3O4. The minimum atomic E-state index is 0.0232. The molecule has 0 spiro atoms. The highest BCUT2D eigenvalue weighted by Crippen LogP contribution is 2.30. The fraction of sp³-hybridized carbons (Fsp3) is 0.842. The first-order valence-corrected chi connectivity index (χ1v) is 9.98. The first-order valence-electron chi connectivity index (χ1n) is 9.98. The van der Waals surface area contributed by atoms with Crippen LogP contribution < -0.4 is 5.32 Å². The standard InChI is InChI=1S/C19H31N3O4/c1-14(23)21-8-10-22(11-9-21)19(25)16-6-4-15(5-7-16)18(24)20-13-17-3-2-12-26-17/h15-17H,2-13H2,1H3,(H,20,24). The molecular weight excluding hydrogens is 334 g/mol. The highest BCUT2D eigenvalue weighted by molar-refractivity contribution is 5.81. The van der Waals surface area contributed by atoms with E-state index in [0.717, 1.165) is 45.1 Å². The lowest BCUT2D eigenvalue weighted by Gasteiger charge is -2.37. The van der Waals surface area contributed by atoms with Crippen LogP contribution in [0, 0.1) is 11.8 Å². The zero-order valence-corrected chi connectivity index (χ0v) is 15.7. The summed E-state index contributed by atoms with van der Waals surface area (Å²) < 4.78 is 5.54. The number of amides is 3. The molecule has 0 aromatic carbocycles. The zero-order chi connectivity index (χ0) is 18.5. The quantitative estimate of drug-likeness (QED) is 0.798. The van der Waals surface area contributed by atoms with E-state index < -0.39 is 0 Å². The van der Waals surface area contributed by atoms with Gasteiger partial charge < -0.3 is 19.9 Å². The van der Waals surface area contributed by atoms with E-state index in [1.165, 1.54) is 0 Å². The van der Waals surface area contributed by atoms with Gasteiger partial charge in [0.25, 0.3) is 0 Å². The predicted molar refractivity (Wildman–Crippen MR) is 96.3 cm³/mol. The molecule has 3 rings (SSSR count). The molecule has 146 valence electrons. The largest absolute Gasteiger partial charge is 0.376 e. The molecule has 3 amide bonds. The monoisotopic (exact) mass is 365 g/mol. The van der Waals surface area contributed by atoms with Crippen molar-refractivity contribution in [3.05, 3.63) is 0 Å². The molecule has 0 aromatic rings. The molecule has 7 nitrogen and oxygen atoms in total. The molecule has 1 saturated carbocycles. The first kappa shape index (κ1) is 19.1. The van der Waals surface area contributed by atoms with Gasteiger partial charge in [-0.15, -0.1) is 0 Å². The van der Waals surface area contributed by atoms with E-state index in [9.17, 15) is 14.4 Å². The van der Waals surface area contributed by atoms with E-state index in [-0.39, 0.29) is 35.7 Å². The van der Waals surface area contributed by atoms with Gasteiger partial charge in [-0.1, -0.05) is 0 Å². The average Bonchev–Trinajstić information content (AvgIpc) is 3.19. The Balaban J connectivity index is 1.38. The Labute approximate surface area is 155 Å². The lowest BCUT2D eigenvalue weighted by Crippen LogP contribution is -2.52. The van der Waals surface area contributed by atoms with Gasteiger partial charge in [0.15, 0.2) is 0 Å². The Hall–Kier alpha value is -1.63. The van der Waals surface area contributed by atoms with Crippen LogP contribution >= 0.6 is 0 Å². The molecule has 1 aliphatic carbocycles. The van der Waals surface area contributed by atoms with E-state index >= 15 is 0 Å². The number of piperazine rings is 1. The Kier molecular flexibility index (Phi) is 6.51. The summed E-state index contributed by atoms with van der Waals surface area (Å²) in [5.41, 5.74) is 0. The molecule has 26 heavy (non-hydrogen) atoms. The van der Waals surface area contributed by atoms with Gasteiger partial charge in [-0.2, -0.15) is 0 Å². The van der Waals surface area contributed by atoms with Gasteiger partial charge in [0, 0.05) is 58.1 Å². The van der Waals surface area contributed by atoms with E-state index in [1.807, 2.05) is 4.90 Å². The van der Waals surface area contributed by atoms with Crippen molar-refractivity contribution >= 4 is 17.7 Å². The number of hydrogen-bond acceptors (Lipinski definition) is 4. The summed E-state index contributed by atoms with van der Waals surface area (Å²) in [6, 6.07) is 0. The SMILES string of the molecule is CC(=O)N1CCN(C(=O)C2CCC(C(=O)NCC3CCCO3)CC2)CC1. The number of nitrogens with zero attached hydrogens (tertiary/aromatic N) is 2. The van der Waals surface area contributed by atoms with Crippen molar-refractivity contribution < 1.29 is 19.1 Å². The van der Waals surface area contributed by atoms with Crippen LogP contribution in [0.5, 0.6) is 0 Å². The van der Waals surface area contributed by atoms with E-state index in [4.69, 9.17) is 4.74 Å². The van der Waals surface area contributed by atoms with Crippen molar-refractivity contribution in [2.45, 2.75) is 51.6 Å². The highest BCUT2D eigenvalue weighted by atomic mass is 16.5. The zero-order valence-electron chi connectivity index (χ0n) is 15.7. The number of carbonyl (C=O) groups is 3. The third-order valence-corrected chi connectivity index (χ3v) is 6.01. The molecule has 0 radical (unpaired) electrons. The Morgan fingerprint density at radius 1 is 0.923 bits per heavy atom. The van der Waals surface area contributed by atoms with Crippen molar-refractivity contribution in [3.8, 4) is 0 Å². The number of nitrogens with one attached hydrogen (secondary N) is 1. The van der Waals surface area contributed by atoms with E-state index in [1.54, 1.807) is 11.8 Å². The lowest BCUT2D eigenvalue weighted by molar-refractivity contribution is -0.143. The van der Waals surface area contributed by atoms with Gasteiger partial charge in [-0.05, 0) is 38.5 Å². The molecule has 1 atom stereocenters. The summed E-state index contributed by atoms with van der Waals surface area (Å²) in [6.07, 6.45) is 5.40. The average molecular weight is 365 g/mol. The van der Waals surface area contributed by atoms with Gasteiger partial charge >= 0.3 is 0 Å². The Morgan fingerprint density at radius 2 is 1.54 bits per heavy atom. The van der Waals surface area contributed by atoms with Crippen LogP contribution in [0.25, 0.3) is 0 Å². The summed E-state index contributed by atoms with van der Waals surface area (Å²) >= 11 is 0. The van der Waals surface area contributed by atoms with Crippen LogP contribution in [0.1, 0.15) is 45.4 Å². The van der Waals surface area contributed by atoms with Gasteiger partial charge in [0.1, 0.15) is 0 Å². The second-order valence-corrected chi connectivity index (χ2v) is 7.76. The number of ether oxygens (including phenoxy) is 1. The van der Waals surface area contributed by atoms with Crippen LogP contribution in [-0.2, 0) is 19.1 Å². The molecule has 2 saturated heterocycles. The molecule has 3 aliphatic rings. The van der Waals surface area contributed by atoms with E-state index in [2.05, 4.69) is 5.32 Å². The fourth-order valence-electron chi connectivity index (χ4n) is 4.27. The maximum Gasteiger partial charge on any atom is 0.225 e. The molecule has 2 aliphatic heterocycles. The summed E-state index contributed by atoms with van der Waals surface area (Å²) in [6.45, 7) is 5.49. The maximum absolute atomic E-state index is 12.7. The minimum Gasteiger partial charge on any atom is -0.376 e. The summed E-state index contributed by atoms with van der Waals surface area (Å²) in [4.78, 5) is 40.1. The molecule has 1 N–H and O–H groups in total. The third kappa shape index (κ3) is 4.75. The minimum absolute atomic E-state index is 0.0232. The molecule has 0 aromatic heterocycles. The van der Waals surface area contributed by atoms with Crippen molar-refractivity contribution in [2.24, 2.45) is 11.8 Å². The summed E-state index contributed by atoms with van der Waals surface area (Å²) in [5, 5.41) is 3.02. The fourth-order valence-corrected chi connectivity index (χ4v) is 4.27. The van der Waals surface area contributed by atoms with Crippen LogP contribution in [0.15, 0.2) is 0 Å². The molecule has 0 bridgehead atoms. The van der Waals surface area contributed by atoms with Crippen LogP contribution in [0.2, 0.25) is 0 Å². The third-order valence-electron chi connectivity index (χ3n) is 6.01. The number of hydrogen-bond donors (Lipinski definition) is 1. The van der Waals surface area contributed by atoms with Gasteiger partial charge in [0.05, 0.1) is 6.10 Å². The second-order valence-electron chi connectivity index (χ2n) is 7.76. The van der Waals surface area contributed by atoms with Gasteiger partial charge in [-0.25, -0.2) is 0 Å². The first-order chi connectivity index (χ1) is 12.5. The topological polar surface area (TPSA) is 79.0 Å². The smallest absolute Gasteiger partial charge is 0.225 e. The van der Waals surface area contributed by atoms with Crippen LogP contribution in [0.3, 0.4) is 0 Å². The highest BCUT2D eigenvalue weighted by Gasteiger charge is 2.33. The van der Waals surface area contributed by atoms with Crippen molar-refractivity contribution in [1.82, 2.24) is 15.1 Å². The van der Waals surface area contributed by atoms with Gasteiger partial charge in [0.2, 0.25) is 17.7 Å². The summed E-state index contributed by atoms with van der Waals surface area (Å²) in [7, 11) is 0. The predicted octanol–water partition coefficient (Wildman–Crippen LogP) is 0.779. The molecule has 7 heteroatoms. The van der Waals surface area contributed by atoms with Crippen molar-refractivity contribution in [3.63, 3.8) is 0 Å². The van der Waals surface area contributed by atoms with Crippen LogP contribution in [-0.4, -0.2) is 73.0 Å². The normalized spacial score (nSPS) is 29.5. The van der Waals surface area contributed by atoms with Crippen LogP contribution in [0.4, 0.5) is 0 Å². The number of carbonyl (C=O) groups excluding carboxylic acids is 3. The Morgan fingerprint density at radius 3 is 2.12 bits per heavy atom. The lowest BCUT2D eigenvalue weighted by atomic mass is 9.80. The molecule has 3 fully saturated rings. The summed E-state index contributed by atoms with van der Waals surface area (Å²) in [5.74, 6) is 0.440.